The molecule has 0 amide bonds. The van der Waals surface area contributed by atoms with E-state index in [1.165, 1.54) is 0 Å². The molecule has 3 heteroatoms. The monoisotopic (exact) mass is 353 g/mol. The molecule has 3 radical (unpaired) electrons. The van der Waals surface area contributed by atoms with Gasteiger partial charge in [-0.25, -0.2) is 0 Å². The van der Waals surface area contributed by atoms with Crippen LogP contribution in [0, 0.1) is 0 Å². The molecule has 0 atom stereocenters. The number of hydrogen-bond donors (Lipinski definition) is 0. The first-order valence-electron chi connectivity index (χ1n) is 3.96. The summed E-state index contributed by atoms with van der Waals surface area (Å²) in [5, 5.41) is 0. The fourth-order valence-corrected chi connectivity index (χ4v) is 0.752. The summed E-state index contributed by atoms with van der Waals surface area (Å²) in [6, 6.07) is 0. The predicted octanol–water partition coefficient (Wildman–Crippen LogP) is 1.75. The molecule has 0 aromatic heterocycles. The standard InChI is InChI=1S/C8H16O2.Bi/c1-3-5-6-7-8(9)10-4-2;/h3-7H2,1-2H3;/q;+2. The first-order chi connectivity index (χ1) is 4.81. The van der Waals surface area contributed by atoms with E-state index < -0.39 is 0 Å². The van der Waals surface area contributed by atoms with Crippen LogP contribution in [0.5, 0.6) is 0 Å². The maximum Gasteiger partial charge on any atom is 2.00 e. The van der Waals surface area contributed by atoms with Crippen molar-refractivity contribution in [2.45, 2.75) is 39.5 Å². The van der Waals surface area contributed by atoms with E-state index in [-0.39, 0.29) is 32.2 Å². The van der Waals surface area contributed by atoms with E-state index in [0.717, 1.165) is 19.3 Å². The van der Waals surface area contributed by atoms with Crippen LogP contribution in [0.1, 0.15) is 39.5 Å². The summed E-state index contributed by atoms with van der Waals surface area (Å²) in [7, 11) is 0. The van der Waals surface area contributed by atoms with Gasteiger partial charge < -0.3 is 4.74 Å². The Kier molecular flexibility index (Phi) is 13.1. The van der Waals surface area contributed by atoms with Gasteiger partial charge in [-0.2, -0.15) is 0 Å². The molecular formula is C8H16BiO2+2. The predicted molar refractivity (Wildman–Crippen MR) is 46.5 cm³/mol. The van der Waals surface area contributed by atoms with Crippen LogP contribution in [-0.4, -0.2) is 38.8 Å². The van der Waals surface area contributed by atoms with Gasteiger partial charge in [-0.15, -0.1) is 0 Å². The maximum atomic E-state index is 10.7. The fraction of sp³-hybridized carbons (Fsp3) is 0.875. The van der Waals surface area contributed by atoms with E-state index in [0.29, 0.717) is 13.0 Å². The number of hydrogen-bond acceptors (Lipinski definition) is 2. The summed E-state index contributed by atoms with van der Waals surface area (Å²) < 4.78 is 4.75. The summed E-state index contributed by atoms with van der Waals surface area (Å²) in [6.45, 7) is 4.45. The second-order valence-electron chi connectivity index (χ2n) is 2.26. The molecule has 0 saturated heterocycles. The molecule has 0 aliphatic rings. The zero-order valence-corrected chi connectivity index (χ0v) is 10.8. The summed E-state index contributed by atoms with van der Waals surface area (Å²) in [5.41, 5.74) is 0. The van der Waals surface area contributed by atoms with Crippen LogP contribution in [-0.2, 0) is 9.53 Å². The van der Waals surface area contributed by atoms with E-state index in [9.17, 15) is 4.79 Å². The minimum absolute atomic E-state index is 0. The Hall–Kier alpha value is 0.353. The Bertz CT molecular complexity index is 94.1. The van der Waals surface area contributed by atoms with Gasteiger partial charge in [0.1, 0.15) is 0 Å². The van der Waals surface area contributed by atoms with Gasteiger partial charge in [0.05, 0.1) is 6.61 Å². The molecule has 0 aromatic carbocycles. The molecule has 0 fully saturated rings. The van der Waals surface area contributed by atoms with E-state index in [1.807, 2.05) is 6.92 Å². The number of ether oxygens (including phenoxy) is 1. The number of unbranched alkanes of at least 4 members (excludes halogenated alkanes) is 2. The third kappa shape index (κ3) is 10.4. The summed E-state index contributed by atoms with van der Waals surface area (Å²) >= 11 is 0. The molecule has 0 rings (SSSR count). The Morgan fingerprint density at radius 1 is 1.27 bits per heavy atom. The fourth-order valence-electron chi connectivity index (χ4n) is 0.752. The van der Waals surface area contributed by atoms with Crippen LogP contribution in [0.2, 0.25) is 0 Å². The van der Waals surface area contributed by atoms with Gasteiger partial charge in [0.25, 0.3) is 0 Å². The van der Waals surface area contributed by atoms with Crippen LogP contribution in [0.4, 0.5) is 0 Å². The third-order valence-electron chi connectivity index (χ3n) is 1.29. The smallest absolute Gasteiger partial charge is 0.466 e. The minimum atomic E-state index is -0.0593. The molecule has 0 N–H and O–H groups in total. The number of rotatable bonds is 5. The Labute approximate surface area is 87.8 Å². The van der Waals surface area contributed by atoms with Gasteiger partial charge in [0.2, 0.25) is 0 Å². The molecule has 0 spiro atoms. The van der Waals surface area contributed by atoms with Crippen LogP contribution in [0.15, 0.2) is 0 Å². The van der Waals surface area contributed by atoms with Crippen LogP contribution in [0.25, 0.3) is 0 Å². The third-order valence-corrected chi connectivity index (χ3v) is 1.29. The zero-order valence-electron chi connectivity index (χ0n) is 7.30. The topological polar surface area (TPSA) is 26.3 Å². The second-order valence-corrected chi connectivity index (χ2v) is 2.26. The van der Waals surface area contributed by atoms with Gasteiger partial charge >= 0.3 is 32.2 Å². The molecule has 0 unspecified atom stereocenters. The minimum Gasteiger partial charge on any atom is -0.466 e. The number of carbonyl (C=O) groups is 1. The molecule has 0 heterocycles. The van der Waals surface area contributed by atoms with Crippen molar-refractivity contribution in [3.05, 3.63) is 0 Å². The SMILES string of the molecule is CCCCCC(=O)OCC.[Bi+2]. The van der Waals surface area contributed by atoms with Gasteiger partial charge in [0, 0.05) is 6.42 Å². The Balaban J connectivity index is 0. The van der Waals surface area contributed by atoms with Crippen molar-refractivity contribution >= 4 is 32.2 Å². The Morgan fingerprint density at radius 2 is 1.91 bits per heavy atom. The molecule has 63 valence electrons. The van der Waals surface area contributed by atoms with Crippen molar-refractivity contribution in [2.24, 2.45) is 0 Å². The maximum absolute atomic E-state index is 10.7. The molecule has 0 bridgehead atoms. The van der Waals surface area contributed by atoms with Crippen molar-refractivity contribution < 1.29 is 9.53 Å². The largest absolute Gasteiger partial charge is 2.00 e. The molecule has 0 saturated carbocycles. The zero-order chi connectivity index (χ0) is 7.82. The van der Waals surface area contributed by atoms with Crippen molar-refractivity contribution in [3.63, 3.8) is 0 Å². The van der Waals surface area contributed by atoms with Gasteiger partial charge in [-0.3, -0.25) is 4.79 Å². The molecular weight excluding hydrogens is 337 g/mol. The van der Waals surface area contributed by atoms with Crippen LogP contribution in [0.3, 0.4) is 0 Å². The van der Waals surface area contributed by atoms with Crippen LogP contribution >= 0.6 is 0 Å². The molecule has 11 heavy (non-hydrogen) atoms. The average molecular weight is 353 g/mol. The molecule has 0 aliphatic carbocycles. The van der Waals surface area contributed by atoms with Crippen LogP contribution < -0.4 is 0 Å². The van der Waals surface area contributed by atoms with E-state index in [1.54, 1.807) is 0 Å². The van der Waals surface area contributed by atoms with Gasteiger partial charge in [-0.05, 0) is 13.3 Å². The summed E-state index contributed by atoms with van der Waals surface area (Å²) in [4.78, 5) is 10.7. The number of esters is 1. The van der Waals surface area contributed by atoms with E-state index >= 15 is 0 Å². The molecule has 0 aliphatic heterocycles. The van der Waals surface area contributed by atoms with Crippen molar-refractivity contribution in [3.8, 4) is 0 Å². The average Bonchev–Trinajstić information content (AvgIpc) is 1.89. The van der Waals surface area contributed by atoms with Crippen molar-refractivity contribution in [1.29, 1.82) is 0 Å². The normalized spacial score (nSPS) is 8.55. The van der Waals surface area contributed by atoms with E-state index in [2.05, 4.69) is 6.92 Å². The van der Waals surface area contributed by atoms with Gasteiger partial charge in [0.15, 0.2) is 0 Å². The van der Waals surface area contributed by atoms with E-state index in [4.69, 9.17) is 4.74 Å². The molecule has 2 nitrogen and oxygen atoms in total. The van der Waals surface area contributed by atoms with Crippen molar-refractivity contribution in [1.82, 2.24) is 0 Å². The van der Waals surface area contributed by atoms with Gasteiger partial charge in [-0.1, -0.05) is 19.8 Å². The second kappa shape index (κ2) is 10.4. The first-order valence-corrected chi connectivity index (χ1v) is 3.96. The van der Waals surface area contributed by atoms with Crippen molar-refractivity contribution in [2.75, 3.05) is 6.61 Å². The number of carbonyl (C=O) groups excluding carboxylic acids is 1. The summed E-state index contributed by atoms with van der Waals surface area (Å²) in [6.07, 6.45) is 3.83. The quantitative estimate of drug-likeness (QED) is 0.428. The molecule has 0 aromatic rings. The summed E-state index contributed by atoms with van der Waals surface area (Å²) in [5.74, 6) is -0.0593. The first kappa shape index (κ1) is 13.9. The Morgan fingerprint density at radius 3 is 2.36 bits per heavy atom.